The summed E-state index contributed by atoms with van der Waals surface area (Å²) in [5.74, 6) is -0.145. The quantitative estimate of drug-likeness (QED) is 0.567. The second kappa shape index (κ2) is 7.70. The fourth-order valence-electron chi connectivity index (χ4n) is 4.65. The van der Waals surface area contributed by atoms with Crippen LogP contribution in [0.4, 0.5) is 0 Å². The van der Waals surface area contributed by atoms with Crippen LogP contribution in [0.5, 0.6) is 5.75 Å². The number of benzene rings is 2. The minimum Gasteiger partial charge on any atom is -0.487 e. The molecule has 1 saturated carbocycles. The van der Waals surface area contributed by atoms with Gasteiger partial charge in [-0.15, -0.1) is 0 Å². The van der Waals surface area contributed by atoms with Gasteiger partial charge in [0.05, 0.1) is 11.2 Å². The Morgan fingerprint density at radius 2 is 1.87 bits per heavy atom. The topological polar surface area (TPSA) is 93.9 Å². The molecular weight excluding hydrogens is 380 g/mol. The number of hydrogen-bond donors (Lipinski definition) is 2. The van der Waals surface area contributed by atoms with Gasteiger partial charge in [-0.3, -0.25) is 4.84 Å². The molecule has 0 bridgehead atoms. The number of aliphatic carboxylic acids is 1. The molecule has 6 heteroatoms. The SMILES string of the molecule is O=C(O)C1(C(c2ccc(OCc3ccc4ccccc4n3)cc2)C2CCCC2)NO1. The van der Waals surface area contributed by atoms with Gasteiger partial charge in [0.1, 0.15) is 12.4 Å². The van der Waals surface area contributed by atoms with Crippen LogP contribution in [0.15, 0.2) is 60.7 Å². The zero-order chi connectivity index (χ0) is 20.6. The number of carboxylic acids is 1. The smallest absolute Gasteiger partial charge is 0.356 e. The summed E-state index contributed by atoms with van der Waals surface area (Å²) in [6.07, 6.45) is 4.32. The van der Waals surface area contributed by atoms with Crippen LogP contribution in [-0.2, 0) is 16.2 Å². The number of nitrogens with one attached hydrogen (secondary N) is 1. The number of para-hydroxylation sites is 1. The average molecular weight is 404 g/mol. The Hall–Kier alpha value is -2.96. The van der Waals surface area contributed by atoms with Crippen LogP contribution in [0.2, 0.25) is 0 Å². The molecule has 2 fully saturated rings. The van der Waals surface area contributed by atoms with E-state index in [0.29, 0.717) is 12.5 Å². The van der Waals surface area contributed by atoms with Gasteiger partial charge in [-0.05, 0) is 48.6 Å². The number of ether oxygens (including phenoxy) is 1. The van der Waals surface area contributed by atoms with Crippen molar-refractivity contribution in [1.82, 2.24) is 10.5 Å². The maximum absolute atomic E-state index is 11.9. The number of carbonyl (C=O) groups is 1. The highest BCUT2D eigenvalue weighted by Gasteiger charge is 2.62. The molecule has 154 valence electrons. The molecule has 1 saturated heterocycles. The highest BCUT2D eigenvalue weighted by atomic mass is 16.8. The van der Waals surface area contributed by atoms with E-state index in [1.807, 2.05) is 60.7 Å². The Bertz CT molecular complexity index is 1060. The highest BCUT2D eigenvalue weighted by molar-refractivity contribution is 5.80. The monoisotopic (exact) mass is 404 g/mol. The summed E-state index contributed by atoms with van der Waals surface area (Å²) in [6.45, 7) is 0.375. The largest absolute Gasteiger partial charge is 0.487 e. The molecule has 2 aromatic carbocycles. The molecule has 5 rings (SSSR count). The summed E-state index contributed by atoms with van der Waals surface area (Å²) >= 11 is 0. The summed E-state index contributed by atoms with van der Waals surface area (Å²) in [4.78, 5) is 21.8. The van der Waals surface area contributed by atoms with Crippen molar-refractivity contribution in [2.24, 2.45) is 5.92 Å². The number of nitrogens with zero attached hydrogens (tertiary/aromatic N) is 1. The molecule has 2 heterocycles. The van der Waals surface area contributed by atoms with Gasteiger partial charge in [0.15, 0.2) is 0 Å². The van der Waals surface area contributed by atoms with E-state index in [-0.39, 0.29) is 5.92 Å². The van der Waals surface area contributed by atoms with Crippen LogP contribution in [0, 0.1) is 5.92 Å². The van der Waals surface area contributed by atoms with E-state index in [1.165, 1.54) is 0 Å². The molecule has 1 aliphatic heterocycles. The number of aromatic nitrogens is 1. The van der Waals surface area contributed by atoms with E-state index in [2.05, 4.69) is 10.5 Å². The molecule has 0 spiro atoms. The lowest BCUT2D eigenvalue weighted by molar-refractivity contribution is -0.144. The summed E-state index contributed by atoms with van der Waals surface area (Å²) < 4.78 is 5.92. The van der Waals surface area contributed by atoms with E-state index in [4.69, 9.17) is 9.57 Å². The normalized spacial score (nSPS) is 22.1. The van der Waals surface area contributed by atoms with Crippen molar-refractivity contribution < 1.29 is 19.5 Å². The minimum absolute atomic E-state index is 0.214. The van der Waals surface area contributed by atoms with Gasteiger partial charge in [0.25, 0.3) is 5.72 Å². The number of hydroxylamine groups is 1. The molecule has 1 aliphatic carbocycles. The van der Waals surface area contributed by atoms with Gasteiger partial charge in [0, 0.05) is 11.3 Å². The molecule has 0 amide bonds. The fourth-order valence-corrected chi connectivity index (χ4v) is 4.65. The number of rotatable bonds is 7. The van der Waals surface area contributed by atoms with Gasteiger partial charge in [-0.25, -0.2) is 9.78 Å². The van der Waals surface area contributed by atoms with Crippen molar-refractivity contribution in [3.63, 3.8) is 0 Å². The maximum atomic E-state index is 11.9. The van der Waals surface area contributed by atoms with Crippen molar-refractivity contribution in [3.05, 3.63) is 71.9 Å². The van der Waals surface area contributed by atoms with Gasteiger partial charge < -0.3 is 9.84 Å². The van der Waals surface area contributed by atoms with E-state index in [0.717, 1.165) is 53.6 Å². The van der Waals surface area contributed by atoms with Crippen LogP contribution in [0.25, 0.3) is 10.9 Å². The lowest BCUT2D eigenvalue weighted by Crippen LogP contribution is -2.38. The molecular formula is C24H24N2O4. The van der Waals surface area contributed by atoms with Crippen LogP contribution in [-0.4, -0.2) is 21.8 Å². The van der Waals surface area contributed by atoms with Crippen LogP contribution < -0.4 is 10.2 Å². The van der Waals surface area contributed by atoms with Gasteiger partial charge in [0.2, 0.25) is 0 Å². The van der Waals surface area contributed by atoms with Gasteiger partial charge in [-0.2, -0.15) is 5.48 Å². The summed E-state index contributed by atoms with van der Waals surface area (Å²) in [5.41, 5.74) is 4.14. The molecule has 1 aromatic heterocycles. The predicted octanol–water partition coefficient (Wildman–Crippen LogP) is 4.40. The lowest BCUT2D eigenvalue weighted by Gasteiger charge is -2.26. The van der Waals surface area contributed by atoms with Gasteiger partial charge in [-0.1, -0.05) is 49.2 Å². The zero-order valence-electron chi connectivity index (χ0n) is 16.6. The van der Waals surface area contributed by atoms with Crippen molar-refractivity contribution in [2.45, 2.75) is 43.9 Å². The van der Waals surface area contributed by atoms with E-state index in [1.54, 1.807) is 0 Å². The molecule has 2 aliphatic rings. The molecule has 2 atom stereocenters. The van der Waals surface area contributed by atoms with Gasteiger partial charge >= 0.3 is 5.97 Å². The fraction of sp³-hybridized carbons (Fsp3) is 0.333. The number of fused-ring (bicyclic) bond motifs is 1. The minimum atomic E-state index is -1.30. The second-order valence-corrected chi connectivity index (χ2v) is 8.12. The molecule has 3 aromatic rings. The van der Waals surface area contributed by atoms with Crippen molar-refractivity contribution in [2.75, 3.05) is 0 Å². The van der Waals surface area contributed by atoms with E-state index >= 15 is 0 Å². The predicted molar refractivity (Wildman–Crippen MR) is 112 cm³/mol. The Balaban J connectivity index is 1.32. The van der Waals surface area contributed by atoms with E-state index < -0.39 is 11.7 Å². The number of hydrogen-bond acceptors (Lipinski definition) is 5. The van der Waals surface area contributed by atoms with Crippen molar-refractivity contribution in [1.29, 1.82) is 0 Å². The Morgan fingerprint density at radius 3 is 2.57 bits per heavy atom. The summed E-state index contributed by atoms with van der Waals surface area (Å²) in [7, 11) is 0. The van der Waals surface area contributed by atoms with Crippen LogP contribution in [0.3, 0.4) is 0 Å². The Morgan fingerprint density at radius 1 is 1.13 bits per heavy atom. The lowest BCUT2D eigenvalue weighted by atomic mass is 9.78. The third-order valence-electron chi connectivity index (χ3n) is 6.23. The molecule has 2 unspecified atom stereocenters. The zero-order valence-corrected chi connectivity index (χ0v) is 16.6. The molecule has 0 radical (unpaired) electrons. The van der Waals surface area contributed by atoms with E-state index in [9.17, 15) is 9.90 Å². The number of carboxylic acid groups (broad SMARTS) is 1. The van der Waals surface area contributed by atoms with Crippen LogP contribution in [0.1, 0.15) is 42.9 Å². The second-order valence-electron chi connectivity index (χ2n) is 8.12. The van der Waals surface area contributed by atoms with Crippen LogP contribution >= 0.6 is 0 Å². The van der Waals surface area contributed by atoms with Crippen molar-refractivity contribution in [3.8, 4) is 5.75 Å². The molecule has 6 nitrogen and oxygen atoms in total. The third-order valence-corrected chi connectivity index (χ3v) is 6.23. The van der Waals surface area contributed by atoms with Crippen molar-refractivity contribution >= 4 is 16.9 Å². The Labute approximate surface area is 174 Å². The average Bonchev–Trinajstić information content (AvgIpc) is 3.40. The first-order valence-corrected chi connectivity index (χ1v) is 10.4. The first kappa shape index (κ1) is 19.0. The first-order chi connectivity index (χ1) is 14.7. The standard InChI is InChI=1S/C24H24N2O4/c27-23(28)24(26-30-24)22(17-6-1-2-7-17)18-10-13-20(14-11-18)29-15-19-12-9-16-5-3-4-8-21(16)25-19/h3-5,8-14,17,22,26H,1-2,6-7,15H2,(H,27,28). The highest BCUT2D eigenvalue weighted by Crippen LogP contribution is 2.48. The Kier molecular flexibility index (Phi) is 4.89. The first-order valence-electron chi connectivity index (χ1n) is 10.4. The maximum Gasteiger partial charge on any atom is 0.356 e. The molecule has 30 heavy (non-hydrogen) atoms. The third kappa shape index (κ3) is 3.53. The number of pyridine rings is 1. The summed E-state index contributed by atoms with van der Waals surface area (Å²) in [5, 5.41) is 10.8. The molecule has 2 N–H and O–H groups in total. The summed E-state index contributed by atoms with van der Waals surface area (Å²) in [6, 6.07) is 19.7.